The molecule has 0 aliphatic carbocycles. The van der Waals surface area contributed by atoms with E-state index in [1.165, 1.54) is 0 Å². The predicted octanol–water partition coefficient (Wildman–Crippen LogP) is 8.73. The van der Waals surface area contributed by atoms with Crippen LogP contribution in [0.15, 0.2) is 35.7 Å². The minimum atomic E-state index is -0.604. The Morgan fingerprint density at radius 1 is 0.953 bits per heavy atom. The molecular weight excluding hydrogens is 827 g/mol. The third-order valence-electron chi connectivity index (χ3n) is 13.3. The summed E-state index contributed by atoms with van der Waals surface area (Å²) in [5.41, 5.74) is 7.70. The van der Waals surface area contributed by atoms with Crippen LogP contribution in [-0.2, 0) is 36.8 Å². The van der Waals surface area contributed by atoms with Gasteiger partial charge in [-0.25, -0.2) is 9.97 Å². The van der Waals surface area contributed by atoms with Gasteiger partial charge in [-0.05, 0) is 151 Å². The number of hydrogen-bond acceptors (Lipinski definition) is 10. The molecule has 3 aromatic heterocycles. The van der Waals surface area contributed by atoms with Gasteiger partial charge in [0.15, 0.2) is 28.7 Å². The summed E-state index contributed by atoms with van der Waals surface area (Å²) in [5.74, 6) is 2.97. The largest absolute Gasteiger partial charge is 0.496 e. The Bertz CT molecular complexity index is 2660. The molecule has 13 nitrogen and oxygen atoms in total. The number of nitriles is 1. The fourth-order valence-electron chi connectivity index (χ4n) is 9.46. The lowest BCUT2D eigenvalue weighted by molar-refractivity contribution is -0.0507. The van der Waals surface area contributed by atoms with Crippen LogP contribution in [0.25, 0.3) is 22.1 Å². The number of imidazole rings is 2. The van der Waals surface area contributed by atoms with Crippen LogP contribution in [0.3, 0.4) is 0 Å². The maximum Gasteiger partial charge on any atom is 0.275 e. The van der Waals surface area contributed by atoms with E-state index in [9.17, 15) is 14.9 Å². The molecule has 14 heteroatoms. The molecule has 5 aromatic rings. The number of nitrogens with zero attached hydrogens (tertiary/aromatic N) is 7. The quantitative estimate of drug-likeness (QED) is 0.121. The van der Waals surface area contributed by atoms with Crippen molar-refractivity contribution in [1.29, 1.82) is 5.26 Å². The number of morpholine rings is 1. The van der Waals surface area contributed by atoms with Crippen molar-refractivity contribution in [1.82, 2.24) is 28.9 Å². The van der Waals surface area contributed by atoms with Crippen LogP contribution in [0.2, 0.25) is 0 Å². The summed E-state index contributed by atoms with van der Waals surface area (Å²) in [6, 6.07) is 12.6. The molecule has 3 aliphatic rings. The monoisotopic (exact) mass is 887 g/mol. The predicted molar refractivity (Wildman–Crippen MR) is 248 cm³/mol. The second kappa shape index (κ2) is 17.4. The molecule has 2 unspecified atom stereocenters. The number of aromatic nitrogens is 4. The summed E-state index contributed by atoms with van der Waals surface area (Å²) < 4.78 is 27.9. The number of amides is 2. The van der Waals surface area contributed by atoms with E-state index in [4.69, 9.17) is 28.9 Å². The summed E-state index contributed by atoms with van der Waals surface area (Å²) >= 11 is 1.64. The van der Waals surface area contributed by atoms with E-state index in [2.05, 4.69) is 55.0 Å². The normalized spacial score (nSPS) is 17.2. The number of ether oxygens (including phenoxy) is 4. The summed E-state index contributed by atoms with van der Waals surface area (Å²) in [4.78, 5) is 43.5. The van der Waals surface area contributed by atoms with Crippen molar-refractivity contribution in [2.24, 2.45) is 5.92 Å². The van der Waals surface area contributed by atoms with Gasteiger partial charge >= 0.3 is 0 Å². The molecule has 2 amide bonds. The van der Waals surface area contributed by atoms with Crippen LogP contribution in [0, 0.1) is 24.2 Å². The van der Waals surface area contributed by atoms with Gasteiger partial charge in [0.05, 0.1) is 66.7 Å². The van der Waals surface area contributed by atoms with Crippen LogP contribution in [-0.4, -0.2) is 98.9 Å². The van der Waals surface area contributed by atoms with E-state index in [0.717, 1.165) is 80.7 Å². The van der Waals surface area contributed by atoms with Crippen LogP contribution in [0.4, 0.5) is 0 Å². The zero-order valence-corrected chi connectivity index (χ0v) is 40.0. The van der Waals surface area contributed by atoms with Crippen molar-refractivity contribution in [2.75, 3.05) is 41.0 Å². The zero-order chi connectivity index (χ0) is 45.8. The second-order valence-corrected chi connectivity index (χ2v) is 20.1. The minimum absolute atomic E-state index is 0.0781. The Morgan fingerprint density at radius 3 is 2.25 bits per heavy atom. The molecule has 2 aromatic carbocycles. The van der Waals surface area contributed by atoms with Crippen molar-refractivity contribution in [3.63, 3.8) is 0 Å². The molecule has 0 radical (unpaired) electrons. The number of carbonyl (C=O) groups is 2. The highest BCUT2D eigenvalue weighted by Crippen LogP contribution is 2.42. The van der Waals surface area contributed by atoms with Gasteiger partial charge in [0.1, 0.15) is 11.8 Å². The molecule has 64 heavy (non-hydrogen) atoms. The van der Waals surface area contributed by atoms with E-state index >= 15 is 0 Å². The van der Waals surface area contributed by atoms with Gasteiger partial charge in [-0.15, -0.1) is 11.3 Å². The van der Waals surface area contributed by atoms with Gasteiger partial charge < -0.3 is 28.7 Å². The molecular formula is C50H61N7O6S. The molecule has 0 saturated carbocycles. The van der Waals surface area contributed by atoms with Crippen LogP contribution < -0.4 is 14.2 Å². The van der Waals surface area contributed by atoms with E-state index < -0.39 is 5.54 Å². The molecule has 0 spiro atoms. The van der Waals surface area contributed by atoms with Gasteiger partial charge in [-0.2, -0.15) is 5.26 Å². The highest BCUT2D eigenvalue weighted by Gasteiger charge is 2.42. The van der Waals surface area contributed by atoms with Gasteiger partial charge in [0.25, 0.3) is 11.8 Å². The minimum Gasteiger partial charge on any atom is -0.496 e. The third-order valence-corrected chi connectivity index (χ3v) is 14.3. The van der Waals surface area contributed by atoms with Crippen molar-refractivity contribution in [3.8, 4) is 45.4 Å². The number of fused-ring (bicyclic) bond motifs is 6. The molecule has 0 N–H and O–H groups in total. The topological polar surface area (TPSA) is 137 Å². The summed E-state index contributed by atoms with van der Waals surface area (Å²) in [5, 5.41) is 12.4. The lowest BCUT2D eigenvalue weighted by Crippen LogP contribution is -2.57. The first kappa shape index (κ1) is 44.9. The Balaban J connectivity index is 1.06. The van der Waals surface area contributed by atoms with E-state index in [-0.39, 0.29) is 35.2 Å². The van der Waals surface area contributed by atoms with Crippen molar-refractivity contribution >= 4 is 23.2 Å². The Hall–Kier alpha value is -5.65. The third kappa shape index (κ3) is 8.06. The Kier molecular flexibility index (Phi) is 12.2. The van der Waals surface area contributed by atoms with E-state index in [0.29, 0.717) is 68.3 Å². The van der Waals surface area contributed by atoms with Gasteiger partial charge in [-0.1, -0.05) is 6.92 Å². The standard InChI is InChI=1S/C50H61N7O6S/c1-29(2)63-41-26-38-33(25-40(41)61-11)12-14-35-44(52-42(27-51)56(35)38)48(59)55-19-20-62-28-50(55,8)18-16-30(3)22-34-23-37-32(24-39(34)60-10)13-15-36-43(47(58)54(9)49(5,6)7)53-46(57(36)37)45-31(4)17-21-64-45/h17,21,23-26,29-30H,12-16,18-20,22,28H2,1-11H3. The number of thiophene rings is 1. The maximum absolute atomic E-state index is 14.8. The zero-order valence-electron chi connectivity index (χ0n) is 39.2. The summed E-state index contributed by atoms with van der Waals surface area (Å²) in [7, 11) is 5.20. The van der Waals surface area contributed by atoms with Crippen molar-refractivity contribution < 1.29 is 28.5 Å². The first-order valence-electron chi connectivity index (χ1n) is 22.4. The van der Waals surface area contributed by atoms with Gasteiger partial charge in [0.2, 0.25) is 5.82 Å². The first-order valence-corrected chi connectivity index (χ1v) is 23.3. The summed E-state index contributed by atoms with van der Waals surface area (Å²) in [6.07, 6.45) is 4.85. The number of benzene rings is 2. The molecule has 1 saturated heterocycles. The average molecular weight is 888 g/mol. The number of methoxy groups -OCH3 is 2. The highest BCUT2D eigenvalue weighted by atomic mass is 32.1. The highest BCUT2D eigenvalue weighted by molar-refractivity contribution is 7.13. The van der Waals surface area contributed by atoms with Crippen LogP contribution >= 0.6 is 11.3 Å². The van der Waals surface area contributed by atoms with Crippen molar-refractivity contribution in [2.45, 2.75) is 118 Å². The molecule has 0 bridgehead atoms. The molecule has 8 rings (SSSR count). The van der Waals surface area contributed by atoms with Crippen LogP contribution in [0.5, 0.6) is 17.2 Å². The number of aryl methyl sites for hydroxylation is 3. The summed E-state index contributed by atoms with van der Waals surface area (Å²) in [6.45, 7) is 17.7. The maximum atomic E-state index is 14.8. The van der Waals surface area contributed by atoms with E-state index in [1.807, 2.05) is 63.3 Å². The fourth-order valence-corrected chi connectivity index (χ4v) is 10.4. The van der Waals surface area contributed by atoms with Crippen molar-refractivity contribution in [3.05, 3.63) is 86.6 Å². The Labute approximate surface area is 380 Å². The second-order valence-electron chi connectivity index (χ2n) is 19.2. The number of rotatable bonds is 12. The van der Waals surface area contributed by atoms with Gasteiger partial charge in [0, 0.05) is 25.2 Å². The van der Waals surface area contributed by atoms with Gasteiger partial charge in [-0.3, -0.25) is 18.7 Å². The SMILES string of the molecule is COc1cc2c(cc1CC(C)CCC1(C)COCCN1C(=O)c1nc(C#N)n3c1CCc1cc(OC)c(OC(C)C)cc1-3)-n1c(-c3sccc3C)nc(C(=O)N(C)C(C)(C)C)c1CC2. The molecule has 1 fully saturated rings. The molecule has 3 aliphatic heterocycles. The van der Waals surface area contributed by atoms with Crippen LogP contribution in [0.1, 0.15) is 122 Å². The smallest absolute Gasteiger partial charge is 0.275 e. The first-order chi connectivity index (χ1) is 30.5. The fraction of sp³-hybridized carbons (Fsp3) is 0.500. The molecule has 6 heterocycles. The Morgan fingerprint density at radius 2 is 1.62 bits per heavy atom. The number of carbonyl (C=O) groups excluding carboxylic acids is 2. The lowest BCUT2D eigenvalue weighted by atomic mass is 9.86. The molecule has 2 atom stereocenters. The van der Waals surface area contributed by atoms with E-state index in [1.54, 1.807) is 30.5 Å². The lowest BCUT2D eigenvalue weighted by Gasteiger charge is -2.45. The number of hydrogen-bond donors (Lipinski definition) is 0. The molecule has 338 valence electrons. The average Bonchev–Trinajstić information content (AvgIpc) is 3.99.